The molecule has 0 radical (unpaired) electrons. The zero-order valence-electron chi connectivity index (χ0n) is 30.8. The van der Waals surface area contributed by atoms with E-state index in [9.17, 15) is 0 Å². The molecule has 1 aromatic heterocycles. The number of para-hydroxylation sites is 2. The quantitative estimate of drug-likeness (QED) is 0.152. The molecule has 1 heterocycles. The maximum Gasteiger partial charge on any atom is 0.0541 e. The standard InChI is InChI=1S/C54H38N2/c1-3-13-39(14-4-1)41-25-31-47(32-26-41)55(48-33-27-42(28-34-48)45-18-11-17-44(37-45)40-15-5-2-6-16-40)49-35-29-43(30-36-49)46-19-12-20-50(38-46)56-53-23-9-7-21-51(53)52-22-8-10-24-54(52)56/h1-38H. The molecule has 0 aliphatic rings. The Balaban J connectivity index is 1.01. The van der Waals surface area contributed by atoms with Crippen LogP contribution in [-0.2, 0) is 0 Å². The van der Waals surface area contributed by atoms with Gasteiger partial charge in [0.2, 0.25) is 0 Å². The zero-order valence-corrected chi connectivity index (χ0v) is 30.8. The van der Waals surface area contributed by atoms with Gasteiger partial charge in [-0.25, -0.2) is 0 Å². The molecule has 0 saturated carbocycles. The van der Waals surface area contributed by atoms with E-state index in [0.29, 0.717) is 0 Å². The van der Waals surface area contributed by atoms with Gasteiger partial charge in [-0.15, -0.1) is 0 Å². The smallest absolute Gasteiger partial charge is 0.0541 e. The predicted molar refractivity (Wildman–Crippen MR) is 237 cm³/mol. The summed E-state index contributed by atoms with van der Waals surface area (Å²) >= 11 is 0. The molecule has 0 aliphatic carbocycles. The van der Waals surface area contributed by atoms with E-state index in [0.717, 1.165) is 22.7 Å². The van der Waals surface area contributed by atoms with Crippen molar-refractivity contribution < 1.29 is 0 Å². The van der Waals surface area contributed by atoms with Crippen LogP contribution in [0.5, 0.6) is 0 Å². The van der Waals surface area contributed by atoms with Crippen LogP contribution in [0.2, 0.25) is 0 Å². The van der Waals surface area contributed by atoms with Crippen LogP contribution in [-0.4, -0.2) is 4.57 Å². The van der Waals surface area contributed by atoms with E-state index in [4.69, 9.17) is 0 Å². The van der Waals surface area contributed by atoms with Crippen LogP contribution in [0, 0.1) is 0 Å². The molecule has 56 heavy (non-hydrogen) atoms. The van der Waals surface area contributed by atoms with Crippen molar-refractivity contribution in [2.75, 3.05) is 4.90 Å². The van der Waals surface area contributed by atoms with Crippen molar-refractivity contribution in [3.8, 4) is 50.2 Å². The number of benzene rings is 9. The van der Waals surface area contributed by atoms with Crippen molar-refractivity contribution in [2.24, 2.45) is 0 Å². The van der Waals surface area contributed by atoms with Crippen LogP contribution < -0.4 is 4.90 Å². The molecular weight excluding hydrogens is 677 g/mol. The average molecular weight is 715 g/mol. The van der Waals surface area contributed by atoms with Gasteiger partial charge in [-0.05, 0) is 111 Å². The molecule has 0 unspecified atom stereocenters. The lowest BCUT2D eigenvalue weighted by Gasteiger charge is -2.26. The highest BCUT2D eigenvalue weighted by atomic mass is 15.1. The lowest BCUT2D eigenvalue weighted by atomic mass is 9.98. The lowest BCUT2D eigenvalue weighted by Crippen LogP contribution is -2.09. The summed E-state index contributed by atoms with van der Waals surface area (Å²) in [6, 6.07) is 83.0. The number of aromatic nitrogens is 1. The Morgan fingerprint density at radius 2 is 0.589 bits per heavy atom. The third-order valence-corrected chi connectivity index (χ3v) is 10.8. The number of rotatable bonds is 8. The van der Waals surface area contributed by atoms with Crippen LogP contribution in [0.4, 0.5) is 17.1 Å². The summed E-state index contributed by atoms with van der Waals surface area (Å²) in [6.07, 6.45) is 0. The van der Waals surface area contributed by atoms with Gasteiger partial charge >= 0.3 is 0 Å². The van der Waals surface area contributed by atoms with E-state index in [1.54, 1.807) is 0 Å². The summed E-state index contributed by atoms with van der Waals surface area (Å²) < 4.78 is 2.38. The molecular formula is C54H38N2. The van der Waals surface area contributed by atoms with Crippen molar-refractivity contribution in [3.63, 3.8) is 0 Å². The van der Waals surface area contributed by atoms with E-state index < -0.39 is 0 Å². The molecule has 2 heteroatoms. The van der Waals surface area contributed by atoms with Gasteiger partial charge < -0.3 is 9.47 Å². The topological polar surface area (TPSA) is 8.17 Å². The van der Waals surface area contributed by atoms with Crippen LogP contribution in [0.3, 0.4) is 0 Å². The van der Waals surface area contributed by atoms with E-state index in [1.807, 2.05) is 0 Å². The predicted octanol–water partition coefficient (Wildman–Crippen LogP) is 14.9. The molecule has 0 amide bonds. The van der Waals surface area contributed by atoms with Gasteiger partial charge in [0.05, 0.1) is 11.0 Å². The van der Waals surface area contributed by atoms with Gasteiger partial charge in [-0.2, -0.15) is 0 Å². The highest BCUT2D eigenvalue weighted by molar-refractivity contribution is 6.09. The number of nitrogens with zero attached hydrogens (tertiary/aromatic N) is 2. The molecule has 10 rings (SSSR count). The number of hydrogen-bond acceptors (Lipinski definition) is 1. The van der Waals surface area contributed by atoms with Crippen LogP contribution in [0.15, 0.2) is 231 Å². The van der Waals surface area contributed by atoms with Gasteiger partial charge in [0.1, 0.15) is 0 Å². The maximum atomic E-state index is 2.38. The largest absolute Gasteiger partial charge is 0.311 e. The van der Waals surface area contributed by atoms with Gasteiger partial charge in [0, 0.05) is 33.5 Å². The van der Waals surface area contributed by atoms with E-state index in [2.05, 4.69) is 240 Å². The van der Waals surface area contributed by atoms with Crippen molar-refractivity contribution in [1.29, 1.82) is 0 Å². The average Bonchev–Trinajstić information content (AvgIpc) is 3.62. The Hall–Kier alpha value is -7.42. The first kappa shape index (κ1) is 33.2. The second kappa shape index (κ2) is 14.4. The maximum absolute atomic E-state index is 2.38. The molecule has 0 fully saturated rings. The third-order valence-electron chi connectivity index (χ3n) is 10.8. The zero-order chi connectivity index (χ0) is 37.3. The minimum atomic E-state index is 1.10. The van der Waals surface area contributed by atoms with Crippen LogP contribution in [0.1, 0.15) is 0 Å². The van der Waals surface area contributed by atoms with Gasteiger partial charge in [0.25, 0.3) is 0 Å². The monoisotopic (exact) mass is 714 g/mol. The second-order valence-electron chi connectivity index (χ2n) is 14.2. The molecule has 0 saturated heterocycles. The number of hydrogen-bond donors (Lipinski definition) is 0. The van der Waals surface area contributed by atoms with Crippen molar-refractivity contribution >= 4 is 38.9 Å². The van der Waals surface area contributed by atoms with E-state index >= 15 is 0 Å². The molecule has 10 aromatic rings. The Labute approximate surface area is 327 Å². The molecule has 9 aromatic carbocycles. The molecule has 0 N–H and O–H groups in total. The van der Waals surface area contributed by atoms with Crippen LogP contribution >= 0.6 is 0 Å². The Morgan fingerprint density at radius 3 is 1.07 bits per heavy atom. The highest BCUT2D eigenvalue weighted by Crippen LogP contribution is 2.39. The minimum absolute atomic E-state index is 1.10. The summed E-state index contributed by atoms with van der Waals surface area (Å²) in [5.74, 6) is 0. The molecule has 2 nitrogen and oxygen atoms in total. The minimum Gasteiger partial charge on any atom is -0.311 e. The van der Waals surface area contributed by atoms with Gasteiger partial charge in [-0.3, -0.25) is 0 Å². The summed E-state index contributed by atoms with van der Waals surface area (Å²) in [7, 11) is 0. The van der Waals surface area contributed by atoms with Gasteiger partial charge in [-0.1, -0.05) is 164 Å². The third kappa shape index (κ3) is 6.24. The molecule has 0 spiro atoms. The summed E-state index contributed by atoms with van der Waals surface area (Å²) in [5, 5.41) is 2.53. The summed E-state index contributed by atoms with van der Waals surface area (Å²) in [4.78, 5) is 2.34. The molecule has 0 atom stereocenters. The Morgan fingerprint density at radius 1 is 0.250 bits per heavy atom. The fourth-order valence-corrected chi connectivity index (χ4v) is 8.02. The number of fused-ring (bicyclic) bond motifs is 3. The SMILES string of the molecule is c1ccc(-c2ccc(N(c3ccc(-c4cccc(-c5ccccc5)c4)cc3)c3ccc(-c4cccc(-n5c6ccccc6c6ccccc65)c4)cc3)cc2)cc1. The fraction of sp³-hybridized carbons (Fsp3) is 0. The van der Waals surface area contributed by atoms with E-state index in [-0.39, 0.29) is 0 Å². The molecule has 0 aliphatic heterocycles. The normalized spacial score (nSPS) is 11.2. The number of anilines is 3. The van der Waals surface area contributed by atoms with Crippen molar-refractivity contribution in [2.45, 2.75) is 0 Å². The second-order valence-corrected chi connectivity index (χ2v) is 14.2. The summed E-state index contributed by atoms with van der Waals surface area (Å²) in [5.41, 5.74) is 16.4. The first-order chi connectivity index (χ1) is 27.8. The summed E-state index contributed by atoms with van der Waals surface area (Å²) in [6.45, 7) is 0. The van der Waals surface area contributed by atoms with Gasteiger partial charge in [0.15, 0.2) is 0 Å². The lowest BCUT2D eigenvalue weighted by molar-refractivity contribution is 1.18. The van der Waals surface area contributed by atoms with Crippen molar-refractivity contribution in [3.05, 3.63) is 231 Å². The highest BCUT2D eigenvalue weighted by Gasteiger charge is 2.15. The molecule has 264 valence electrons. The Bertz CT molecular complexity index is 2870. The molecule has 0 bridgehead atoms. The van der Waals surface area contributed by atoms with Crippen LogP contribution in [0.25, 0.3) is 72.0 Å². The Kier molecular flexibility index (Phi) is 8.55. The van der Waals surface area contributed by atoms with E-state index in [1.165, 1.54) is 66.3 Å². The first-order valence-corrected chi connectivity index (χ1v) is 19.2. The van der Waals surface area contributed by atoms with Crippen molar-refractivity contribution in [1.82, 2.24) is 4.57 Å². The first-order valence-electron chi connectivity index (χ1n) is 19.2. The fourth-order valence-electron chi connectivity index (χ4n) is 8.02.